The van der Waals surface area contributed by atoms with Gasteiger partial charge >= 0.3 is 6.18 Å². The molecule has 0 fully saturated rings. The van der Waals surface area contributed by atoms with Crippen LogP contribution in [0.25, 0.3) is 0 Å². The number of halogens is 3. The molecule has 1 N–H and O–H groups in total. The summed E-state index contributed by atoms with van der Waals surface area (Å²) in [5.41, 5.74) is 0.757. The molecule has 18 heavy (non-hydrogen) atoms. The molecule has 0 aromatic carbocycles. The maximum absolute atomic E-state index is 11.9. The van der Waals surface area contributed by atoms with Crippen LogP contribution in [-0.2, 0) is 6.54 Å². The Kier molecular flexibility index (Phi) is 5.91. The van der Waals surface area contributed by atoms with E-state index in [1.807, 2.05) is 0 Å². The van der Waals surface area contributed by atoms with Gasteiger partial charge in [-0.2, -0.15) is 13.2 Å². The van der Waals surface area contributed by atoms with Crippen LogP contribution in [0.4, 0.5) is 13.2 Å². The summed E-state index contributed by atoms with van der Waals surface area (Å²) in [4.78, 5) is 4.10. The number of hydrogen-bond acceptors (Lipinski definition) is 3. The summed E-state index contributed by atoms with van der Waals surface area (Å²) in [6.45, 7) is 3.15. The number of alkyl halides is 3. The van der Waals surface area contributed by atoms with E-state index >= 15 is 0 Å². The zero-order chi connectivity index (χ0) is 13.4. The van der Waals surface area contributed by atoms with Crippen LogP contribution in [0.2, 0.25) is 0 Å². The van der Waals surface area contributed by atoms with Gasteiger partial charge in [-0.3, -0.25) is 4.98 Å². The predicted molar refractivity (Wildman–Crippen MR) is 62.4 cm³/mol. The Morgan fingerprint density at radius 1 is 1.39 bits per heavy atom. The summed E-state index contributed by atoms with van der Waals surface area (Å²) < 4.78 is 40.9. The highest BCUT2D eigenvalue weighted by Gasteiger charge is 2.26. The molecule has 0 spiro atoms. The molecule has 0 amide bonds. The normalized spacial score (nSPS) is 11.6. The van der Waals surface area contributed by atoms with Crippen molar-refractivity contribution in [1.29, 1.82) is 0 Å². The zero-order valence-electron chi connectivity index (χ0n) is 10.3. The van der Waals surface area contributed by atoms with E-state index in [0.29, 0.717) is 12.3 Å². The summed E-state index contributed by atoms with van der Waals surface area (Å²) in [5.74, 6) is 0.419. The lowest BCUT2D eigenvalue weighted by Gasteiger charge is -2.09. The first kappa shape index (κ1) is 14.8. The second kappa shape index (κ2) is 7.20. The number of pyridine rings is 1. The molecule has 0 aliphatic heterocycles. The first-order valence-electron chi connectivity index (χ1n) is 5.86. The van der Waals surface area contributed by atoms with Crippen LogP contribution in [-0.4, -0.2) is 24.3 Å². The average Bonchev–Trinajstić information content (AvgIpc) is 2.28. The van der Waals surface area contributed by atoms with Crippen molar-refractivity contribution < 1.29 is 17.9 Å². The lowest BCUT2D eigenvalue weighted by atomic mass is 10.3. The molecule has 102 valence electrons. The van der Waals surface area contributed by atoms with Crippen LogP contribution in [0, 0.1) is 0 Å². The van der Waals surface area contributed by atoms with Gasteiger partial charge < -0.3 is 10.1 Å². The molecule has 0 radical (unpaired) electrons. The molecule has 1 heterocycles. The van der Waals surface area contributed by atoms with Gasteiger partial charge in [-0.25, -0.2) is 0 Å². The van der Waals surface area contributed by atoms with E-state index in [1.165, 1.54) is 6.20 Å². The average molecular weight is 262 g/mol. The molecule has 0 aliphatic rings. The van der Waals surface area contributed by atoms with Gasteiger partial charge in [0.15, 0.2) is 0 Å². The van der Waals surface area contributed by atoms with Gasteiger partial charge in [0.2, 0.25) is 0 Å². The van der Waals surface area contributed by atoms with E-state index < -0.39 is 12.6 Å². The fourth-order valence-electron chi connectivity index (χ4n) is 1.32. The zero-order valence-corrected chi connectivity index (χ0v) is 10.3. The summed E-state index contributed by atoms with van der Waals surface area (Å²) >= 11 is 0. The third kappa shape index (κ3) is 6.44. The Balaban J connectivity index is 2.39. The van der Waals surface area contributed by atoms with Crippen LogP contribution >= 0.6 is 0 Å². The van der Waals surface area contributed by atoms with Crippen molar-refractivity contribution in [1.82, 2.24) is 10.3 Å². The quantitative estimate of drug-likeness (QED) is 0.767. The second-order valence-corrected chi connectivity index (χ2v) is 3.87. The molecular formula is C12H17F3N2O. The number of nitrogens with one attached hydrogen (secondary N) is 1. The Bertz CT molecular complexity index is 355. The van der Waals surface area contributed by atoms with Gasteiger partial charge in [0.25, 0.3) is 0 Å². The van der Waals surface area contributed by atoms with Crippen molar-refractivity contribution in [2.24, 2.45) is 0 Å². The maximum atomic E-state index is 11.9. The van der Waals surface area contributed by atoms with E-state index in [9.17, 15) is 13.2 Å². The Hall–Kier alpha value is -1.30. The summed E-state index contributed by atoms with van der Waals surface area (Å²) in [7, 11) is 0. The first-order valence-corrected chi connectivity index (χ1v) is 5.86. The molecule has 1 aromatic rings. The number of ether oxygens (including phenoxy) is 1. The fraction of sp³-hybridized carbons (Fsp3) is 0.583. The highest BCUT2D eigenvalue weighted by Crippen LogP contribution is 2.20. The minimum Gasteiger partial charge on any atom is -0.493 e. The minimum atomic E-state index is -4.18. The molecule has 0 atom stereocenters. The number of rotatable bonds is 7. The highest BCUT2D eigenvalue weighted by atomic mass is 19.4. The number of nitrogens with zero attached hydrogens (tertiary/aromatic N) is 1. The smallest absolute Gasteiger partial charge is 0.392 e. The molecule has 0 unspecified atom stereocenters. The standard InChI is InChI=1S/C12H17F3N2O/c1-2-5-16-9-10-8-11(3-6-17-10)18-7-4-12(13,14)15/h3,6,8,16H,2,4-5,7,9H2,1H3. The molecular weight excluding hydrogens is 245 g/mol. The largest absolute Gasteiger partial charge is 0.493 e. The SMILES string of the molecule is CCCNCc1cc(OCCC(F)(F)F)ccn1. The van der Waals surface area contributed by atoms with Gasteiger partial charge in [0.1, 0.15) is 5.75 Å². The lowest BCUT2D eigenvalue weighted by molar-refractivity contribution is -0.139. The summed E-state index contributed by atoms with van der Waals surface area (Å²) in [6, 6.07) is 3.21. The molecule has 1 rings (SSSR count). The van der Waals surface area contributed by atoms with Crippen molar-refractivity contribution in [2.75, 3.05) is 13.2 Å². The fourth-order valence-corrected chi connectivity index (χ4v) is 1.32. The monoisotopic (exact) mass is 262 g/mol. The van der Waals surface area contributed by atoms with Gasteiger partial charge in [0.05, 0.1) is 18.7 Å². The predicted octanol–water partition coefficient (Wildman–Crippen LogP) is 2.91. The summed E-state index contributed by atoms with van der Waals surface area (Å²) in [5, 5.41) is 3.16. The highest BCUT2D eigenvalue weighted by molar-refractivity contribution is 5.22. The molecule has 0 saturated carbocycles. The van der Waals surface area contributed by atoms with Crippen molar-refractivity contribution >= 4 is 0 Å². The molecule has 1 aromatic heterocycles. The van der Waals surface area contributed by atoms with Crippen LogP contribution in [0.15, 0.2) is 18.3 Å². The number of aromatic nitrogens is 1. The van der Waals surface area contributed by atoms with E-state index in [1.54, 1.807) is 12.1 Å². The third-order valence-corrected chi connectivity index (χ3v) is 2.18. The van der Waals surface area contributed by atoms with Crippen LogP contribution in [0.1, 0.15) is 25.5 Å². The third-order valence-electron chi connectivity index (χ3n) is 2.18. The molecule has 0 bridgehead atoms. The van der Waals surface area contributed by atoms with Gasteiger partial charge in [-0.1, -0.05) is 6.92 Å². The van der Waals surface area contributed by atoms with Crippen LogP contribution in [0.3, 0.4) is 0 Å². The van der Waals surface area contributed by atoms with Crippen molar-refractivity contribution in [3.05, 3.63) is 24.0 Å². The summed E-state index contributed by atoms with van der Waals surface area (Å²) in [6.07, 6.45) is -2.58. The van der Waals surface area contributed by atoms with Crippen molar-refractivity contribution in [3.8, 4) is 5.75 Å². The Labute approximate surface area is 104 Å². The van der Waals surface area contributed by atoms with E-state index in [2.05, 4.69) is 17.2 Å². The molecule has 0 saturated heterocycles. The van der Waals surface area contributed by atoms with Crippen molar-refractivity contribution in [2.45, 2.75) is 32.5 Å². The van der Waals surface area contributed by atoms with E-state index in [4.69, 9.17) is 4.74 Å². The van der Waals surface area contributed by atoms with Crippen LogP contribution in [0.5, 0.6) is 5.75 Å². The lowest BCUT2D eigenvalue weighted by Crippen LogP contribution is -2.15. The topological polar surface area (TPSA) is 34.1 Å². The molecule has 6 heteroatoms. The van der Waals surface area contributed by atoms with E-state index in [-0.39, 0.29) is 6.61 Å². The van der Waals surface area contributed by atoms with Crippen LogP contribution < -0.4 is 10.1 Å². The Morgan fingerprint density at radius 3 is 2.83 bits per heavy atom. The van der Waals surface area contributed by atoms with Gasteiger partial charge in [-0.15, -0.1) is 0 Å². The maximum Gasteiger partial charge on any atom is 0.392 e. The number of hydrogen-bond donors (Lipinski definition) is 1. The van der Waals surface area contributed by atoms with Gasteiger partial charge in [0, 0.05) is 18.8 Å². The van der Waals surface area contributed by atoms with Crippen molar-refractivity contribution in [3.63, 3.8) is 0 Å². The Morgan fingerprint density at radius 2 is 2.17 bits per heavy atom. The molecule has 3 nitrogen and oxygen atoms in total. The van der Waals surface area contributed by atoms with E-state index in [0.717, 1.165) is 18.7 Å². The van der Waals surface area contributed by atoms with Gasteiger partial charge in [-0.05, 0) is 19.0 Å². The first-order chi connectivity index (χ1) is 8.51. The minimum absolute atomic E-state index is 0.366. The second-order valence-electron chi connectivity index (χ2n) is 3.87. The molecule has 0 aliphatic carbocycles.